The van der Waals surface area contributed by atoms with Gasteiger partial charge >= 0.3 is 6.03 Å². The molecule has 1 aromatic heterocycles. The smallest absolute Gasteiger partial charge is 0.322 e. The average molecular weight is 410 g/mol. The second kappa shape index (κ2) is 8.22. The topological polar surface area (TPSA) is 70.6 Å². The molecule has 2 aromatic rings. The minimum atomic E-state index is -0.0807. The molecule has 7 nitrogen and oxygen atoms in total. The number of carbonyl (C=O) groups excluding carboxylic acids is 1. The minimum absolute atomic E-state index is 0.0807. The Balaban J connectivity index is 1.57. The van der Waals surface area contributed by atoms with E-state index in [0.29, 0.717) is 13.1 Å². The first kappa shape index (κ1) is 20.6. The summed E-state index contributed by atoms with van der Waals surface area (Å²) >= 11 is 0. The van der Waals surface area contributed by atoms with E-state index in [-0.39, 0.29) is 18.2 Å². The Morgan fingerprint density at radius 3 is 2.57 bits per heavy atom. The van der Waals surface area contributed by atoms with Crippen LogP contribution in [0.2, 0.25) is 0 Å². The summed E-state index contributed by atoms with van der Waals surface area (Å²) in [5, 5.41) is 3.08. The Morgan fingerprint density at radius 1 is 1.13 bits per heavy atom. The molecule has 1 saturated heterocycles. The summed E-state index contributed by atoms with van der Waals surface area (Å²) in [6.07, 6.45) is 1.03. The number of rotatable bonds is 2. The number of urea groups is 1. The fourth-order valence-electron chi connectivity index (χ4n) is 4.45. The van der Waals surface area contributed by atoms with E-state index in [1.54, 1.807) is 0 Å². The van der Waals surface area contributed by atoms with Gasteiger partial charge in [-0.3, -0.25) is 0 Å². The lowest BCUT2D eigenvalue weighted by Gasteiger charge is -2.38. The summed E-state index contributed by atoms with van der Waals surface area (Å²) in [4.78, 5) is 26.6. The van der Waals surface area contributed by atoms with Crippen LogP contribution in [0.4, 0.5) is 16.3 Å². The van der Waals surface area contributed by atoms with Gasteiger partial charge in [-0.05, 0) is 46.2 Å². The van der Waals surface area contributed by atoms with E-state index in [2.05, 4.69) is 42.0 Å². The SMILES string of the molecule is Cc1ccc(NC(=O)N2CCc3nc(C)nc(N4CC(C)OC(C)C4)c3C2)c(C)c1. The van der Waals surface area contributed by atoms with E-state index in [1.165, 1.54) is 5.56 Å². The third-order valence-electron chi connectivity index (χ3n) is 5.78. The van der Waals surface area contributed by atoms with Crippen LogP contribution in [0.5, 0.6) is 0 Å². The van der Waals surface area contributed by atoms with E-state index < -0.39 is 0 Å². The van der Waals surface area contributed by atoms with Crippen LogP contribution in [0.15, 0.2) is 18.2 Å². The molecule has 2 aliphatic rings. The van der Waals surface area contributed by atoms with Gasteiger partial charge in [0.05, 0.1) is 24.4 Å². The number of carbonyl (C=O) groups is 1. The van der Waals surface area contributed by atoms with Crippen LogP contribution in [0.3, 0.4) is 0 Å². The lowest BCUT2D eigenvalue weighted by Crippen LogP contribution is -2.47. The first-order chi connectivity index (χ1) is 14.3. The number of ether oxygens (including phenoxy) is 1. The van der Waals surface area contributed by atoms with Crippen LogP contribution in [-0.4, -0.2) is 52.7 Å². The summed E-state index contributed by atoms with van der Waals surface area (Å²) in [7, 11) is 0. The van der Waals surface area contributed by atoms with Crippen LogP contribution >= 0.6 is 0 Å². The van der Waals surface area contributed by atoms with Crippen LogP contribution < -0.4 is 10.2 Å². The summed E-state index contributed by atoms with van der Waals surface area (Å²) in [6, 6.07) is 5.98. The van der Waals surface area contributed by atoms with E-state index in [4.69, 9.17) is 9.72 Å². The molecule has 1 fully saturated rings. The summed E-state index contributed by atoms with van der Waals surface area (Å²) in [6.45, 7) is 12.9. The standard InChI is InChI=1S/C23H31N5O2/c1-14-6-7-20(15(2)10-14)26-23(29)27-9-8-21-19(13-27)22(25-18(5)24-21)28-11-16(3)30-17(4)12-28/h6-7,10,16-17H,8-9,11-13H2,1-5H3,(H,26,29). The number of nitrogens with zero attached hydrogens (tertiary/aromatic N) is 4. The first-order valence-electron chi connectivity index (χ1n) is 10.7. The van der Waals surface area contributed by atoms with Crippen molar-refractivity contribution in [2.75, 3.05) is 29.9 Å². The lowest BCUT2D eigenvalue weighted by atomic mass is 10.0. The van der Waals surface area contributed by atoms with E-state index >= 15 is 0 Å². The molecular weight excluding hydrogens is 378 g/mol. The molecule has 160 valence electrons. The zero-order valence-corrected chi connectivity index (χ0v) is 18.5. The molecule has 0 spiro atoms. The number of amides is 2. The Labute approximate surface area is 178 Å². The van der Waals surface area contributed by atoms with Gasteiger partial charge in [0.15, 0.2) is 0 Å². The fourth-order valence-corrected chi connectivity index (χ4v) is 4.45. The predicted molar refractivity (Wildman–Crippen MR) is 118 cm³/mol. The van der Waals surface area contributed by atoms with Gasteiger partial charge in [0, 0.05) is 37.3 Å². The van der Waals surface area contributed by atoms with Crippen molar-refractivity contribution in [2.24, 2.45) is 0 Å². The van der Waals surface area contributed by atoms with Crippen molar-refractivity contribution in [1.29, 1.82) is 0 Å². The molecule has 30 heavy (non-hydrogen) atoms. The number of anilines is 2. The highest BCUT2D eigenvalue weighted by Crippen LogP contribution is 2.29. The molecule has 0 aliphatic carbocycles. The zero-order valence-electron chi connectivity index (χ0n) is 18.5. The Hall–Kier alpha value is -2.67. The number of aromatic nitrogens is 2. The molecule has 2 amide bonds. The highest BCUT2D eigenvalue weighted by Gasteiger charge is 2.30. The second-order valence-electron chi connectivity index (χ2n) is 8.60. The van der Waals surface area contributed by atoms with Crippen molar-refractivity contribution in [2.45, 2.75) is 59.8 Å². The minimum Gasteiger partial charge on any atom is -0.372 e. The van der Waals surface area contributed by atoms with Crippen LogP contribution in [0, 0.1) is 20.8 Å². The maximum Gasteiger partial charge on any atom is 0.322 e. The van der Waals surface area contributed by atoms with Gasteiger partial charge in [0.25, 0.3) is 0 Å². The Morgan fingerprint density at radius 2 is 1.87 bits per heavy atom. The molecule has 1 N–H and O–H groups in total. The third kappa shape index (κ3) is 4.26. The molecule has 1 aromatic carbocycles. The molecule has 2 unspecified atom stereocenters. The van der Waals surface area contributed by atoms with Crippen molar-refractivity contribution >= 4 is 17.5 Å². The van der Waals surface area contributed by atoms with E-state index in [1.807, 2.05) is 30.9 Å². The predicted octanol–water partition coefficient (Wildman–Crippen LogP) is 3.61. The van der Waals surface area contributed by atoms with Crippen molar-refractivity contribution in [3.63, 3.8) is 0 Å². The zero-order chi connectivity index (χ0) is 21.4. The maximum atomic E-state index is 13.0. The highest BCUT2D eigenvalue weighted by atomic mass is 16.5. The molecule has 4 rings (SSSR count). The van der Waals surface area contributed by atoms with Gasteiger partial charge in [-0.2, -0.15) is 0 Å². The first-order valence-corrected chi connectivity index (χ1v) is 10.7. The maximum absolute atomic E-state index is 13.0. The Kier molecular flexibility index (Phi) is 5.64. The van der Waals surface area contributed by atoms with Crippen LogP contribution in [0.1, 0.15) is 42.1 Å². The van der Waals surface area contributed by atoms with Crippen LogP contribution in [0.25, 0.3) is 0 Å². The molecule has 0 bridgehead atoms. The normalized spacial score (nSPS) is 21.4. The van der Waals surface area contributed by atoms with E-state index in [9.17, 15) is 4.79 Å². The molecule has 7 heteroatoms. The average Bonchev–Trinajstić information content (AvgIpc) is 2.68. The summed E-state index contributed by atoms with van der Waals surface area (Å²) in [5.74, 6) is 1.73. The van der Waals surface area contributed by atoms with Crippen molar-refractivity contribution < 1.29 is 9.53 Å². The van der Waals surface area contributed by atoms with E-state index in [0.717, 1.165) is 53.7 Å². The number of hydrogen-bond acceptors (Lipinski definition) is 5. The second-order valence-corrected chi connectivity index (χ2v) is 8.60. The monoisotopic (exact) mass is 409 g/mol. The van der Waals surface area contributed by atoms with Gasteiger partial charge in [0.2, 0.25) is 0 Å². The number of fused-ring (bicyclic) bond motifs is 1. The largest absolute Gasteiger partial charge is 0.372 e. The van der Waals surface area contributed by atoms with Crippen LogP contribution in [-0.2, 0) is 17.7 Å². The summed E-state index contributed by atoms with van der Waals surface area (Å²) in [5.41, 5.74) is 5.22. The number of morpholine rings is 1. The molecule has 2 aliphatic heterocycles. The van der Waals surface area contributed by atoms with Gasteiger partial charge < -0.3 is 19.9 Å². The van der Waals surface area contributed by atoms with Crippen molar-refractivity contribution in [3.05, 3.63) is 46.4 Å². The van der Waals surface area contributed by atoms with Gasteiger partial charge in [0.1, 0.15) is 11.6 Å². The number of benzene rings is 1. The Bertz CT molecular complexity index is 951. The van der Waals surface area contributed by atoms with Crippen molar-refractivity contribution in [3.8, 4) is 0 Å². The molecule has 3 heterocycles. The molecule has 2 atom stereocenters. The summed E-state index contributed by atoms with van der Waals surface area (Å²) < 4.78 is 5.90. The highest BCUT2D eigenvalue weighted by molar-refractivity contribution is 5.90. The number of nitrogens with one attached hydrogen (secondary N) is 1. The van der Waals surface area contributed by atoms with Gasteiger partial charge in [-0.15, -0.1) is 0 Å². The fraction of sp³-hybridized carbons (Fsp3) is 0.522. The molecule has 0 radical (unpaired) electrons. The third-order valence-corrected chi connectivity index (χ3v) is 5.78. The number of hydrogen-bond donors (Lipinski definition) is 1. The lowest BCUT2D eigenvalue weighted by molar-refractivity contribution is -0.00557. The van der Waals surface area contributed by atoms with Gasteiger partial charge in [-0.25, -0.2) is 14.8 Å². The van der Waals surface area contributed by atoms with Crippen molar-refractivity contribution in [1.82, 2.24) is 14.9 Å². The quantitative estimate of drug-likeness (QED) is 0.821. The van der Waals surface area contributed by atoms with Gasteiger partial charge in [-0.1, -0.05) is 17.7 Å². The molecule has 0 saturated carbocycles. The molecular formula is C23H31N5O2. The number of aryl methyl sites for hydroxylation is 3.